The number of carbonyl (C=O) groups excluding carboxylic acids is 4. The van der Waals surface area contributed by atoms with Gasteiger partial charge in [-0.05, 0) is 72.8 Å². The number of carbonyl (C=O) groups is 4. The van der Waals surface area contributed by atoms with Crippen LogP contribution in [0, 0.1) is 19.8 Å². The summed E-state index contributed by atoms with van der Waals surface area (Å²) in [5, 5.41) is 5.22. The molecule has 0 fully saturated rings. The van der Waals surface area contributed by atoms with Gasteiger partial charge in [-0.25, -0.2) is 4.79 Å². The van der Waals surface area contributed by atoms with E-state index in [9.17, 15) is 19.2 Å². The Bertz CT molecular complexity index is 933. The van der Waals surface area contributed by atoms with Crippen LogP contribution >= 0.6 is 0 Å². The van der Waals surface area contributed by atoms with Gasteiger partial charge in [0.2, 0.25) is 11.8 Å². The second-order valence-electron chi connectivity index (χ2n) is 11.1. The van der Waals surface area contributed by atoms with Crippen molar-refractivity contribution in [2.75, 3.05) is 13.7 Å². The number of aryl methyl sites for hydroxylation is 2. The fraction of sp³-hybridized carbons (Fsp3) is 0.643. The topological polar surface area (TPSA) is 114 Å². The highest BCUT2D eigenvalue weighted by atomic mass is 16.6. The highest BCUT2D eigenvalue weighted by Crippen LogP contribution is 2.29. The van der Waals surface area contributed by atoms with E-state index in [0.29, 0.717) is 17.9 Å². The number of alkyl carbamates (subject to hydrolysis) is 1. The predicted octanol–water partition coefficient (Wildman–Crippen LogP) is 4.20. The highest BCUT2D eigenvalue weighted by molar-refractivity contribution is 5.93. The number of benzene rings is 1. The minimum Gasteiger partial charge on any atom is -0.468 e. The van der Waals surface area contributed by atoms with Gasteiger partial charge in [-0.2, -0.15) is 0 Å². The molecule has 0 saturated carbocycles. The molecule has 1 rings (SSSR count). The van der Waals surface area contributed by atoms with Crippen molar-refractivity contribution in [3.05, 3.63) is 34.9 Å². The maximum atomic E-state index is 13.9. The first-order valence-corrected chi connectivity index (χ1v) is 12.8. The minimum absolute atomic E-state index is 0.329. The maximum absolute atomic E-state index is 13.9. The van der Waals surface area contributed by atoms with Crippen LogP contribution in [0.4, 0.5) is 4.79 Å². The zero-order chi connectivity index (χ0) is 28.5. The van der Waals surface area contributed by atoms with Crippen LogP contribution in [0.1, 0.15) is 84.0 Å². The van der Waals surface area contributed by atoms with Crippen LogP contribution in [0.3, 0.4) is 0 Å². The van der Waals surface area contributed by atoms with Gasteiger partial charge in [-0.15, -0.1) is 0 Å². The Hall–Kier alpha value is -3.10. The molecule has 9 heteroatoms. The molecule has 0 spiro atoms. The number of nitrogens with zero attached hydrogens (tertiary/aromatic N) is 1. The number of esters is 1. The zero-order valence-electron chi connectivity index (χ0n) is 24.1. The molecule has 9 nitrogen and oxygen atoms in total. The van der Waals surface area contributed by atoms with Crippen LogP contribution in [0.25, 0.3) is 0 Å². The first kappa shape index (κ1) is 31.9. The molecule has 0 aliphatic carbocycles. The van der Waals surface area contributed by atoms with E-state index in [1.54, 1.807) is 27.7 Å². The van der Waals surface area contributed by atoms with E-state index in [4.69, 9.17) is 4.74 Å². The third-order valence-corrected chi connectivity index (χ3v) is 5.72. The highest BCUT2D eigenvalue weighted by Gasteiger charge is 2.37. The normalized spacial score (nSPS) is 13.8. The second-order valence-corrected chi connectivity index (χ2v) is 11.1. The Morgan fingerprint density at radius 1 is 0.946 bits per heavy atom. The lowest BCUT2D eigenvalue weighted by atomic mass is 9.95. The molecule has 3 unspecified atom stereocenters. The van der Waals surface area contributed by atoms with Crippen LogP contribution in [0.2, 0.25) is 0 Å². The Kier molecular flexibility index (Phi) is 12.1. The van der Waals surface area contributed by atoms with Gasteiger partial charge in [-0.1, -0.05) is 43.2 Å². The number of hydrogen-bond donors (Lipinski definition) is 2. The quantitative estimate of drug-likeness (QED) is 0.424. The lowest BCUT2D eigenvalue weighted by Gasteiger charge is -2.38. The molecule has 0 bridgehead atoms. The second kappa shape index (κ2) is 14.0. The van der Waals surface area contributed by atoms with Gasteiger partial charge in [0.1, 0.15) is 24.2 Å². The van der Waals surface area contributed by atoms with E-state index in [2.05, 4.69) is 29.2 Å². The molecule has 1 aromatic carbocycles. The van der Waals surface area contributed by atoms with Crippen LogP contribution < -0.4 is 10.6 Å². The van der Waals surface area contributed by atoms with Gasteiger partial charge in [0.05, 0.1) is 7.11 Å². The van der Waals surface area contributed by atoms with Gasteiger partial charge in [0, 0.05) is 6.04 Å². The molecular formula is C28H45N3O6. The summed E-state index contributed by atoms with van der Waals surface area (Å²) in [5.41, 5.74) is 1.76. The first-order valence-electron chi connectivity index (χ1n) is 12.8. The predicted molar refractivity (Wildman–Crippen MR) is 143 cm³/mol. The minimum atomic E-state index is -1.03. The van der Waals surface area contributed by atoms with E-state index in [-0.39, 0.29) is 12.6 Å². The molecule has 0 aliphatic rings. The molecule has 37 heavy (non-hydrogen) atoms. The number of rotatable bonds is 11. The Labute approximate surface area is 221 Å². The summed E-state index contributed by atoms with van der Waals surface area (Å²) in [6.07, 6.45) is 0.761. The molecule has 2 N–H and O–H groups in total. The molecule has 208 valence electrons. The average Bonchev–Trinajstić information content (AvgIpc) is 2.76. The molecule has 0 saturated heterocycles. The number of hydrogen-bond acceptors (Lipinski definition) is 6. The van der Waals surface area contributed by atoms with Crippen molar-refractivity contribution < 1.29 is 28.7 Å². The summed E-state index contributed by atoms with van der Waals surface area (Å²) in [4.78, 5) is 53.2. The van der Waals surface area contributed by atoms with Crippen molar-refractivity contribution in [2.45, 2.75) is 98.9 Å². The fourth-order valence-corrected chi connectivity index (χ4v) is 4.02. The van der Waals surface area contributed by atoms with E-state index in [1.807, 2.05) is 39.0 Å². The molecule has 3 amide bonds. The number of nitrogens with one attached hydrogen (secondary N) is 2. The number of amides is 3. The first-order chi connectivity index (χ1) is 17.0. The molecule has 3 atom stereocenters. The Morgan fingerprint density at radius 3 is 2.00 bits per heavy atom. The summed E-state index contributed by atoms with van der Waals surface area (Å²) < 4.78 is 10.00. The number of ether oxygens (including phenoxy) is 2. The summed E-state index contributed by atoms with van der Waals surface area (Å²) in [6.45, 7) is 16.4. The average molecular weight is 520 g/mol. The third kappa shape index (κ3) is 10.8. The summed E-state index contributed by atoms with van der Waals surface area (Å²) in [7, 11) is 1.24. The fourth-order valence-electron chi connectivity index (χ4n) is 4.02. The lowest BCUT2D eigenvalue weighted by molar-refractivity contribution is -0.146. The third-order valence-electron chi connectivity index (χ3n) is 5.72. The molecule has 0 heterocycles. The standard InChI is InChI=1S/C28H45N3O6/c1-17(2)11-12-20(5)31(26(34)21(6)30-27(35)37-28(7,8)9)24(25(33)29-16-23(32)36-10)22-14-18(3)13-19(4)15-22/h13-15,17,20-21,24H,11-12,16H2,1-10H3,(H,29,33)(H,30,35). The maximum Gasteiger partial charge on any atom is 0.408 e. The Morgan fingerprint density at radius 2 is 1.51 bits per heavy atom. The largest absolute Gasteiger partial charge is 0.468 e. The zero-order valence-corrected chi connectivity index (χ0v) is 24.1. The van der Waals surface area contributed by atoms with Gasteiger partial charge in [0.25, 0.3) is 0 Å². The van der Waals surface area contributed by atoms with E-state index in [0.717, 1.165) is 17.5 Å². The van der Waals surface area contributed by atoms with Crippen LogP contribution in [-0.2, 0) is 23.9 Å². The molecular weight excluding hydrogens is 474 g/mol. The van der Waals surface area contributed by atoms with Crippen LogP contribution in [-0.4, -0.2) is 60.1 Å². The van der Waals surface area contributed by atoms with E-state index in [1.165, 1.54) is 12.0 Å². The summed E-state index contributed by atoms with van der Waals surface area (Å²) >= 11 is 0. The van der Waals surface area contributed by atoms with Crippen molar-refractivity contribution in [3.63, 3.8) is 0 Å². The summed E-state index contributed by atoms with van der Waals surface area (Å²) in [5.74, 6) is -1.15. The van der Waals surface area contributed by atoms with Crippen molar-refractivity contribution in [3.8, 4) is 0 Å². The van der Waals surface area contributed by atoms with Crippen LogP contribution in [0.15, 0.2) is 18.2 Å². The molecule has 0 radical (unpaired) electrons. The van der Waals surface area contributed by atoms with Gasteiger partial charge in [-0.3, -0.25) is 14.4 Å². The lowest BCUT2D eigenvalue weighted by Crippen LogP contribution is -2.55. The van der Waals surface area contributed by atoms with Gasteiger partial charge in [0.15, 0.2) is 0 Å². The SMILES string of the molecule is COC(=O)CNC(=O)C(c1cc(C)cc(C)c1)N(C(=O)C(C)NC(=O)OC(C)(C)C)C(C)CCC(C)C. The summed E-state index contributed by atoms with van der Waals surface area (Å²) in [6, 6.07) is 3.37. The monoisotopic (exact) mass is 519 g/mol. The van der Waals surface area contributed by atoms with Crippen molar-refractivity contribution in [1.29, 1.82) is 0 Å². The molecule has 1 aromatic rings. The smallest absolute Gasteiger partial charge is 0.408 e. The van der Waals surface area contributed by atoms with Crippen LogP contribution in [0.5, 0.6) is 0 Å². The van der Waals surface area contributed by atoms with Crippen molar-refractivity contribution in [1.82, 2.24) is 15.5 Å². The van der Waals surface area contributed by atoms with Gasteiger partial charge >= 0.3 is 12.1 Å². The van der Waals surface area contributed by atoms with Crippen molar-refractivity contribution in [2.24, 2.45) is 5.92 Å². The molecule has 0 aliphatic heterocycles. The molecule has 0 aromatic heterocycles. The van der Waals surface area contributed by atoms with Gasteiger partial charge < -0.3 is 25.0 Å². The van der Waals surface area contributed by atoms with E-state index < -0.39 is 41.6 Å². The number of methoxy groups -OCH3 is 1. The van der Waals surface area contributed by atoms with E-state index >= 15 is 0 Å². The Balaban J connectivity index is 3.51. The van der Waals surface area contributed by atoms with Crippen molar-refractivity contribution >= 4 is 23.9 Å².